The van der Waals surface area contributed by atoms with Crippen LogP contribution < -0.4 is 0 Å². The highest BCUT2D eigenvalue weighted by Gasteiger charge is 2.27. The van der Waals surface area contributed by atoms with E-state index in [1.54, 1.807) is 0 Å². The topological polar surface area (TPSA) is 12.9 Å². The monoisotopic (exact) mass is 303 g/mol. The Labute approximate surface area is 118 Å². The second kappa shape index (κ2) is 5.05. The summed E-state index contributed by atoms with van der Waals surface area (Å²) in [4.78, 5) is 3.69. The van der Waals surface area contributed by atoms with Crippen molar-refractivity contribution in [3.05, 3.63) is 52.4 Å². The number of hydrogen-bond donors (Lipinski definition) is 0. The van der Waals surface area contributed by atoms with E-state index in [1.807, 2.05) is 0 Å². The third-order valence-corrected chi connectivity index (χ3v) is 3.17. The van der Waals surface area contributed by atoms with Crippen LogP contribution in [0, 0.1) is 17.5 Å². The first-order valence-electron chi connectivity index (χ1n) is 5.71. The van der Waals surface area contributed by atoms with Crippen molar-refractivity contribution in [3.63, 3.8) is 0 Å². The predicted molar refractivity (Wildman–Crippen MR) is 68.7 cm³/mol. The van der Waals surface area contributed by atoms with Gasteiger partial charge < -0.3 is 0 Å². The summed E-state index contributed by atoms with van der Waals surface area (Å²) in [7, 11) is 0. The van der Waals surface area contributed by atoms with Gasteiger partial charge in [-0.05, 0) is 32.0 Å². The Balaban J connectivity index is 2.69. The second-order valence-electron chi connectivity index (χ2n) is 4.72. The molecule has 0 spiro atoms. The lowest BCUT2D eigenvalue weighted by atomic mass is 9.98. The zero-order chi connectivity index (χ0) is 15.1. The Kier molecular flexibility index (Phi) is 3.73. The van der Waals surface area contributed by atoms with Crippen LogP contribution in [-0.2, 0) is 5.67 Å². The van der Waals surface area contributed by atoms with Gasteiger partial charge in [0.05, 0.1) is 0 Å². The van der Waals surface area contributed by atoms with E-state index in [1.165, 1.54) is 19.9 Å². The number of rotatable bonds is 2. The van der Waals surface area contributed by atoms with E-state index in [-0.39, 0.29) is 11.1 Å². The van der Waals surface area contributed by atoms with Gasteiger partial charge in [0.2, 0.25) is 0 Å². The van der Waals surface area contributed by atoms with E-state index in [4.69, 9.17) is 11.6 Å². The third-order valence-electron chi connectivity index (χ3n) is 2.82. The largest absolute Gasteiger partial charge is 0.253 e. The minimum atomic E-state index is -1.96. The van der Waals surface area contributed by atoms with Crippen molar-refractivity contribution in [3.8, 4) is 11.3 Å². The highest BCUT2D eigenvalue weighted by molar-refractivity contribution is 6.31. The van der Waals surface area contributed by atoms with Crippen molar-refractivity contribution in [2.45, 2.75) is 19.5 Å². The van der Waals surface area contributed by atoms with Crippen LogP contribution in [0.25, 0.3) is 11.3 Å². The first kappa shape index (κ1) is 14.8. The molecule has 0 bridgehead atoms. The van der Waals surface area contributed by atoms with Crippen LogP contribution in [-0.4, -0.2) is 4.98 Å². The molecular formula is C14H10ClF4N. The molecule has 0 aliphatic rings. The normalized spacial score (nSPS) is 11.8. The zero-order valence-electron chi connectivity index (χ0n) is 10.6. The first-order chi connectivity index (χ1) is 9.23. The van der Waals surface area contributed by atoms with Crippen LogP contribution in [0.2, 0.25) is 5.02 Å². The Morgan fingerprint density at radius 1 is 1.05 bits per heavy atom. The quantitative estimate of drug-likeness (QED) is 0.560. The van der Waals surface area contributed by atoms with Crippen LogP contribution in [0.15, 0.2) is 24.4 Å². The van der Waals surface area contributed by atoms with E-state index in [0.717, 1.165) is 18.3 Å². The summed E-state index contributed by atoms with van der Waals surface area (Å²) in [6.07, 6.45) is 1.16. The molecule has 2 aromatic rings. The number of benzene rings is 1. The summed E-state index contributed by atoms with van der Waals surface area (Å²) in [6.45, 7) is 2.34. The van der Waals surface area contributed by atoms with Crippen LogP contribution >= 0.6 is 11.6 Å². The lowest BCUT2D eigenvalue weighted by molar-refractivity contribution is 0.213. The smallest absolute Gasteiger partial charge is 0.155 e. The summed E-state index contributed by atoms with van der Waals surface area (Å²) in [5, 5.41) is -0.756. The summed E-state index contributed by atoms with van der Waals surface area (Å²) >= 11 is 5.44. The minimum Gasteiger partial charge on any atom is -0.253 e. The summed E-state index contributed by atoms with van der Waals surface area (Å²) < 4.78 is 55.1. The first-order valence-corrected chi connectivity index (χ1v) is 6.09. The molecule has 106 valence electrons. The zero-order valence-corrected chi connectivity index (χ0v) is 11.4. The van der Waals surface area contributed by atoms with Crippen molar-refractivity contribution in [1.82, 2.24) is 4.98 Å². The van der Waals surface area contributed by atoms with Crippen molar-refractivity contribution in [1.29, 1.82) is 0 Å². The molecule has 1 aromatic carbocycles. The number of hydrogen-bond acceptors (Lipinski definition) is 1. The maximum absolute atomic E-state index is 14.3. The predicted octanol–water partition coefficient (Wildman–Crippen LogP) is 5.02. The third kappa shape index (κ3) is 2.50. The van der Waals surface area contributed by atoms with Gasteiger partial charge in [-0.25, -0.2) is 17.6 Å². The van der Waals surface area contributed by atoms with Crippen LogP contribution in [0.1, 0.15) is 19.4 Å². The van der Waals surface area contributed by atoms with E-state index in [2.05, 4.69) is 4.98 Å². The van der Waals surface area contributed by atoms with Gasteiger partial charge in [-0.1, -0.05) is 11.6 Å². The van der Waals surface area contributed by atoms with Crippen molar-refractivity contribution >= 4 is 11.6 Å². The number of pyridine rings is 1. The van der Waals surface area contributed by atoms with Crippen molar-refractivity contribution in [2.24, 2.45) is 0 Å². The highest BCUT2D eigenvalue weighted by Crippen LogP contribution is 2.34. The van der Waals surface area contributed by atoms with Crippen LogP contribution in [0.5, 0.6) is 0 Å². The molecular weight excluding hydrogens is 294 g/mol. The number of nitrogens with zero attached hydrogens (tertiary/aromatic N) is 1. The number of alkyl halides is 1. The maximum atomic E-state index is 14.3. The fraction of sp³-hybridized carbons (Fsp3) is 0.214. The molecule has 0 unspecified atom stereocenters. The number of aromatic nitrogens is 1. The molecule has 0 aliphatic carbocycles. The van der Waals surface area contributed by atoms with Gasteiger partial charge in [0.1, 0.15) is 22.2 Å². The molecule has 0 aliphatic heterocycles. The minimum absolute atomic E-state index is 0.262. The molecule has 6 heteroatoms. The van der Waals surface area contributed by atoms with Gasteiger partial charge in [-0.2, -0.15) is 0 Å². The molecule has 1 nitrogen and oxygen atoms in total. The van der Waals surface area contributed by atoms with Gasteiger partial charge in [-0.15, -0.1) is 0 Å². The fourth-order valence-corrected chi connectivity index (χ4v) is 1.96. The van der Waals surface area contributed by atoms with Crippen LogP contribution in [0.4, 0.5) is 17.6 Å². The highest BCUT2D eigenvalue weighted by atomic mass is 35.5. The molecule has 0 saturated heterocycles. The molecule has 1 heterocycles. The Hall–Kier alpha value is -1.62. The van der Waals surface area contributed by atoms with Gasteiger partial charge in [-0.3, -0.25) is 4.98 Å². The SMILES string of the molecule is CC(C)(F)c1ccnc(-c2ccc(F)c(Cl)c2F)c1F. The van der Waals surface area contributed by atoms with E-state index in [9.17, 15) is 17.6 Å². The molecule has 1 aromatic heterocycles. The fourth-order valence-electron chi connectivity index (χ4n) is 1.80. The molecule has 0 N–H and O–H groups in total. The van der Waals surface area contributed by atoms with Gasteiger partial charge in [0, 0.05) is 17.3 Å². The average Bonchev–Trinajstić information content (AvgIpc) is 2.36. The van der Waals surface area contributed by atoms with E-state index >= 15 is 0 Å². The van der Waals surface area contributed by atoms with Gasteiger partial charge >= 0.3 is 0 Å². The van der Waals surface area contributed by atoms with E-state index < -0.39 is 33.8 Å². The molecule has 2 rings (SSSR count). The maximum Gasteiger partial charge on any atom is 0.155 e. The van der Waals surface area contributed by atoms with Crippen molar-refractivity contribution < 1.29 is 17.6 Å². The lowest BCUT2D eigenvalue weighted by Crippen LogP contribution is -2.13. The molecule has 0 atom stereocenters. The Morgan fingerprint density at radius 2 is 1.70 bits per heavy atom. The number of halogens is 5. The lowest BCUT2D eigenvalue weighted by Gasteiger charge is -2.17. The van der Waals surface area contributed by atoms with Crippen molar-refractivity contribution in [2.75, 3.05) is 0 Å². The standard InChI is InChI=1S/C14H10ClF4N/c1-14(2,19)8-5-6-20-13(12(8)18)7-3-4-9(16)10(15)11(7)17/h3-6H,1-2H3. The van der Waals surface area contributed by atoms with Gasteiger partial charge in [0.15, 0.2) is 11.6 Å². The molecule has 0 radical (unpaired) electrons. The molecule has 20 heavy (non-hydrogen) atoms. The summed E-state index contributed by atoms with van der Waals surface area (Å²) in [6, 6.07) is 3.08. The summed E-state index contributed by atoms with van der Waals surface area (Å²) in [5.74, 6) is -3.09. The van der Waals surface area contributed by atoms with E-state index in [0.29, 0.717) is 0 Å². The Bertz CT molecular complexity index is 665. The van der Waals surface area contributed by atoms with Crippen LogP contribution in [0.3, 0.4) is 0 Å². The molecule has 0 amide bonds. The second-order valence-corrected chi connectivity index (χ2v) is 5.09. The average molecular weight is 304 g/mol. The summed E-state index contributed by atoms with van der Waals surface area (Å²) in [5.41, 5.74) is -2.95. The molecule has 0 saturated carbocycles. The van der Waals surface area contributed by atoms with Gasteiger partial charge in [0.25, 0.3) is 0 Å². The Morgan fingerprint density at radius 3 is 2.30 bits per heavy atom. The molecule has 0 fully saturated rings.